The van der Waals surface area contributed by atoms with Crippen molar-refractivity contribution in [3.05, 3.63) is 23.3 Å². The van der Waals surface area contributed by atoms with Gasteiger partial charge in [-0.1, -0.05) is 0 Å². The van der Waals surface area contributed by atoms with E-state index in [1.807, 2.05) is 6.92 Å². The minimum Gasteiger partial charge on any atom is -0.493 e. The van der Waals surface area contributed by atoms with E-state index in [1.54, 1.807) is 7.11 Å². The second kappa shape index (κ2) is 4.53. The van der Waals surface area contributed by atoms with E-state index in [-0.39, 0.29) is 0 Å². The first kappa shape index (κ1) is 10.3. The van der Waals surface area contributed by atoms with Gasteiger partial charge in [0.1, 0.15) is 0 Å². The molecule has 0 aromatic heterocycles. The highest BCUT2D eigenvalue weighted by atomic mass is 16.5. The maximum Gasteiger partial charge on any atom is 0.161 e. The van der Waals surface area contributed by atoms with Gasteiger partial charge < -0.3 is 14.8 Å². The molecule has 3 heteroatoms. The molecular formula is C12H17NO2. The number of hydrogen-bond acceptors (Lipinski definition) is 3. The number of fused-ring (bicyclic) bond motifs is 1. The Morgan fingerprint density at radius 1 is 1.27 bits per heavy atom. The van der Waals surface area contributed by atoms with Crippen LogP contribution in [0.3, 0.4) is 0 Å². The summed E-state index contributed by atoms with van der Waals surface area (Å²) in [5.41, 5.74) is 2.69. The summed E-state index contributed by atoms with van der Waals surface area (Å²) >= 11 is 0. The number of ether oxygens (including phenoxy) is 2. The standard InChI is InChI=1S/C12H17NO2/c1-3-15-12-7-10-8-13-5-4-9(10)6-11(12)14-2/h6-7,13H,3-5,8H2,1-2H3. The molecular weight excluding hydrogens is 190 g/mol. The molecule has 1 aliphatic heterocycles. The Labute approximate surface area is 90.4 Å². The number of benzene rings is 1. The first-order valence-electron chi connectivity index (χ1n) is 5.38. The first-order chi connectivity index (χ1) is 7.35. The molecule has 0 bridgehead atoms. The summed E-state index contributed by atoms with van der Waals surface area (Å²) in [4.78, 5) is 0. The zero-order valence-corrected chi connectivity index (χ0v) is 9.30. The van der Waals surface area contributed by atoms with Crippen molar-refractivity contribution in [1.29, 1.82) is 0 Å². The van der Waals surface area contributed by atoms with Gasteiger partial charge >= 0.3 is 0 Å². The lowest BCUT2D eigenvalue weighted by Gasteiger charge is -2.20. The molecule has 1 aliphatic rings. The Kier molecular flexibility index (Phi) is 3.11. The van der Waals surface area contributed by atoms with Crippen LogP contribution >= 0.6 is 0 Å². The fourth-order valence-electron chi connectivity index (χ4n) is 1.92. The largest absolute Gasteiger partial charge is 0.493 e. The Morgan fingerprint density at radius 2 is 2.07 bits per heavy atom. The van der Waals surface area contributed by atoms with Gasteiger partial charge in [-0.3, -0.25) is 0 Å². The van der Waals surface area contributed by atoms with Crippen LogP contribution in [0.4, 0.5) is 0 Å². The molecule has 1 N–H and O–H groups in total. The van der Waals surface area contributed by atoms with E-state index in [9.17, 15) is 0 Å². The normalized spacial score (nSPS) is 14.5. The number of hydrogen-bond donors (Lipinski definition) is 1. The minimum atomic E-state index is 0.669. The first-order valence-corrected chi connectivity index (χ1v) is 5.38. The summed E-state index contributed by atoms with van der Waals surface area (Å²) in [6.07, 6.45) is 1.07. The van der Waals surface area contributed by atoms with Gasteiger partial charge in [-0.2, -0.15) is 0 Å². The van der Waals surface area contributed by atoms with Crippen LogP contribution in [0.1, 0.15) is 18.1 Å². The summed E-state index contributed by atoms with van der Waals surface area (Å²) < 4.78 is 10.9. The maximum atomic E-state index is 5.54. The van der Waals surface area contributed by atoms with E-state index in [4.69, 9.17) is 9.47 Å². The van der Waals surface area contributed by atoms with E-state index in [0.717, 1.165) is 31.0 Å². The molecule has 2 rings (SSSR count). The van der Waals surface area contributed by atoms with E-state index >= 15 is 0 Å². The average molecular weight is 207 g/mol. The fraction of sp³-hybridized carbons (Fsp3) is 0.500. The summed E-state index contributed by atoms with van der Waals surface area (Å²) in [6.45, 7) is 4.63. The molecule has 3 nitrogen and oxygen atoms in total. The maximum absolute atomic E-state index is 5.54. The SMILES string of the molecule is CCOc1cc2c(cc1OC)CCNC2. The van der Waals surface area contributed by atoms with E-state index < -0.39 is 0 Å². The number of methoxy groups -OCH3 is 1. The van der Waals surface area contributed by atoms with Gasteiger partial charge in [0.15, 0.2) is 11.5 Å². The van der Waals surface area contributed by atoms with Crippen molar-refractivity contribution in [2.75, 3.05) is 20.3 Å². The summed E-state index contributed by atoms with van der Waals surface area (Å²) in [5, 5.41) is 3.35. The third kappa shape index (κ3) is 2.07. The van der Waals surface area contributed by atoms with Crippen LogP contribution in [-0.2, 0) is 13.0 Å². The third-order valence-electron chi connectivity index (χ3n) is 2.67. The lowest BCUT2D eigenvalue weighted by Crippen LogP contribution is -2.23. The molecule has 1 aromatic carbocycles. The molecule has 0 unspecified atom stereocenters. The van der Waals surface area contributed by atoms with Gasteiger partial charge in [0, 0.05) is 6.54 Å². The lowest BCUT2D eigenvalue weighted by molar-refractivity contribution is 0.310. The second-order valence-electron chi connectivity index (χ2n) is 3.63. The molecule has 1 heterocycles. The van der Waals surface area contributed by atoms with Gasteiger partial charge in [-0.15, -0.1) is 0 Å². The van der Waals surface area contributed by atoms with Crippen molar-refractivity contribution in [2.45, 2.75) is 19.9 Å². The van der Waals surface area contributed by atoms with Crippen molar-refractivity contribution in [2.24, 2.45) is 0 Å². The lowest BCUT2D eigenvalue weighted by atomic mass is 10.0. The highest BCUT2D eigenvalue weighted by Gasteiger charge is 2.13. The number of rotatable bonds is 3. The molecule has 15 heavy (non-hydrogen) atoms. The second-order valence-corrected chi connectivity index (χ2v) is 3.63. The molecule has 0 atom stereocenters. The Balaban J connectivity index is 2.37. The van der Waals surface area contributed by atoms with Crippen LogP contribution in [0, 0.1) is 0 Å². The smallest absolute Gasteiger partial charge is 0.161 e. The van der Waals surface area contributed by atoms with Crippen molar-refractivity contribution in [1.82, 2.24) is 5.32 Å². The van der Waals surface area contributed by atoms with Gasteiger partial charge in [-0.25, -0.2) is 0 Å². The van der Waals surface area contributed by atoms with Gasteiger partial charge in [0.05, 0.1) is 13.7 Å². The molecule has 0 aliphatic carbocycles. The highest BCUT2D eigenvalue weighted by Crippen LogP contribution is 2.32. The van der Waals surface area contributed by atoms with Crippen molar-refractivity contribution in [3.63, 3.8) is 0 Å². The summed E-state index contributed by atoms with van der Waals surface area (Å²) in [5.74, 6) is 1.69. The van der Waals surface area contributed by atoms with Crippen LogP contribution in [0.2, 0.25) is 0 Å². The Bertz CT molecular complexity index is 350. The zero-order chi connectivity index (χ0) is 10.7. The molecule has 82 valence electrons. The van der Waals surface area contributed by atoms with Gasteiger partial charge in [0.25, 0.3) is 0 Å². The van der Waals surface area contributed by atoms with E-state index in [2.05, 4.69) is 17.4 Å². The van der Waals surface area contributed by atoms with Crippen molar-refractivity contribution >= 4 is 0 Å². The molecule has 0 saturated heterocycles. The van der Waals surface area contributed by atoms with Crippen molar-refractivity contribution < 1.29 is 9.47 Å². The van der Waals surface area contributed by atoms with E-state index in [0.29, 0.717) is 6.61 Å². The van der Waals surface area contributed by atoms with Crippen LogP contribution in [-0.4, -0.2) is 20.3 Å². The topological polar surface area (TPSA) is 30.5 Å². The predicted molar refractivity (Wildman–Crippen MR) is 59.6 cm³/mol. The summed E-state index contributed by atoms with van der Waals surface area (Å²) in [7, 11) is 1.69. The highest BCUT2D eigenvalue weighted by molar-refractivity contribution is 5.48. The predicted octanol–water partition coefficient (Wildman–Crippen LogP) is 1.74. The quantitative estimate of drug-likeness (QED) is 0.819. The zero-order valence-electron chi connectivity index (χ0n) is 9.30. The molecule has 0 fully saturated rings. The molecule has 0 spiro atoms. The Morgan fingerprint density at radius 3 is 2.80 bits per heavy atom. The monoisotopic (exact) mass is 207 g/mol. The average Bonchev–Trinajstić information content (AvgIpc) is 2.28. The van der Waals surface area contributed by atoms with Gasteiger partial charge in [-0.05, 0) is 43.1 Å². The molecule has 1 aromatic rings. The van der Waals surface area contributed by atoms with Crippen LogP contribution in [0.5, 0.6) is 11.5 Å². The fourth-order valence-corrected chi connectivity index (χ4v) is 1.92. The third-order valence-corrected chi connectivity index (χ3v) is 2.67. The van der Waals surface area contributed by atoms with Crippen molar-refractivity contribution in [3.8, 4) is 11.5 Å². The van der Waals surface area contributed by atoms with E-state index in [1.165, 1.54) is 11.1 Å². The van der Waals surface area contributed by atoms with Crippen LogP contribution in [0.15, 0.2) is 12.1 Å². The Hall–Kier alpha value is -1.22. The molecule has 0 radical (unpaired) electrons. The summed E-state index contributed by atoms with van der Waals surface area (Å²) in [6, 6.07) is 4.19. The molecule has 0 amide bonds. The van der Waals surface area contributed by atoms with Crippen LogP contribution in [0.25, 0.3) is 0 Å². The number of nitrogens with one attached hydrogen (secondary N) is 1. The van der Waals surface area contributed by atoms with Gasteiger partial charge in [0.2, 0.25) is 0 Å². The van der Waals surface area contributed by atoms with Crippen LogP contribution < -0.4 is 14.8 Å². The minimum absolute atomic E-state index is 0.669. The molecule has 0 saturated carbocycles.